The van der Waals surface area contributed by atoms with E-state index in [4.69, 9.17) is 0 Å². The molecule has 0 atom stereocenters. The van der Waals surface area contributed by atoms with Crippen LogP contribution in [0, 0.1) is 6.92 Å². The van der Waals surface area contributed by atoms with Crippen molar-refractivity contribution in [2.45, 2.75) is 51.3 Å². The van der Waals surface area contributed by atoms with Crippen molar-refractivity contribution in [3.63, 3.8) is 0 Å². The van der Waals surface area contributed by atoms with E-state index in [2.05, 4.69) is 25.8 Å². The molecule has 0 aliphatic carbocycles. The molecule has 2 aromatic rings. The molecule has 2 rings (SSSR count). The molecule has 0 heterocycles. The van der Waals surface area contributed by atoms with Gasteiger partial charge in [0.25, 0.3) is 10.1 Å². The van der Waals surface area contributed by atoms with E-state index in [0.29, 0.717) is 5.39 Å². The number of aryl methyl sites for hydroxylation is 1. The maximum atomic E-state index is 11.7. The summed E-state index contributed by atoms with van der Waals surface area (Å²) < 4.78 is 32.9. The van der Waals surface area contributed by atoms with E-state index in [0.717, 1.165) is 35.2 Å². The quantitative estimate of drug-likeness (QED) is 0.637. The van der Waals surface area contributed by atoms with E-state index in [1.165, 1.54) is 6.07 Å². The van der Waals surface area contributed by atoms with Gasteiger partial charge in [-0.2, -0.15) is 8.42 Å². The summed E-state index contributed by atoms with van der Waals surface area (Å²) in [4.78, 5) is 4.60. The largest absolute Gasteiger partial charge is 0.295 e. The van der Waals surface area contributed by atoms with Crippen molar-refractivity contribution < 1.29 is 13.0 Å². The van der Waals surface area contributed by atoms with Crippen molar-refractivity contribution in [2.24, 2.45) is 4.99 Å². The number of fused-ring (bicyclic) bond motifs is 1. The second kappa shape index (κ2) is 6.65. The van der Waals surface area contributed by atoms with Gasteiger partial charge in [-0.05, 0) is 42.8 Å². The lowest BCUT2D eigenvalue weighted by atomic mass is 9.76. The molecule has 0 saturated carbocycles. The van der Waals surface area contributed by atoms with Crippen LogP contribution in [0.3, 0.4) is 0 Å². The third-order valence-electron chi connectivity index (χ3n) is 4.61. The normalized spacial score (nSPS) is 13.5. The van der Waals surface area contributed by atoms with Gasteiger partial charge in [-0.1, -0.05) is 45.0 Å². The number of hydrogen-bond donors (Lipinski definition) is 1. The van der Waals surface area contributed by atoms with Crippen LogP contribution in [-0.4, -0.2) is 25.2 Å². The van der Waals surface area contributed by atoms with Crippen LogP contribution in [0.1, 0.15) is 45.2 Å². The fraction of sp³-hybridized carbons (Fsp3) is 0.421. The Morgan fingerprint density at radius 1 is 1.17 bits per heavy atom. The van der Waals surface area contributed by atoms with E-state index in [9.17, 15) is 13.0 Å². The van der Waals surface area contributed by atoms with Crippen molar-refractivity contribution >= 4 is 26.6 Å². The minimum atomic E-state index is -4.27. The Bertz CT molecular complexity index is 896. The Balaban J connectivity index is 2.82. The molecule has 130 valence electrons. The average Bonchev–Trinajstić information content (AvgIpc) is 2.50. The smallest absolute Gasteiger partial charge is 0.294 e. The third kappa shape index (κ3) is 3.37. The second-order valence-corrected chi connectivity index (χ2v) is 8.07. The fourth-order valence-corrected chi connectivity index (χ4v) is 3.86. The molecule has 0 spiro atoms. The molecular weight excluding hydrogens is 322 g/mol. The van der Waals surface area contributed by atoms with Crippen molar-refractivity contribution in [1.29, 1.82) is 0 Å². The molecule has 0 unspecified atom stereocenters. The number of nitrogens with zero attached hydrogens (tertiary/aromatic N) is 1. The summed E-state index contributed by atoms with van der Waals surface area (Å²) in [7, 11) is -4.27. The van der Waals surface area contributed by atoms with Crippen molar-refractivity contribution in [3.05, 3.63) is 41.5 Å². The highest BCUT2D eigenvalue weighted by atomic mass is 32.2. The topological polar surface area (TPSA) is 66.7 Å². The summed E-state index contributed by atoms with van der Waals surface area (Å²) in [6.07, 6.45) is 0.981. The second-order valence-electron chi connectivity index (χ2n) is 6.68. The highest BCUT2D eigenvalue weighted by molar-refractivity contribution is 7.86. The van der Waals surface area contributed by atoms with Gasteiger partial charge in [0.05, 0.1) is 0 Å². The molecule has 1 N–H and O–H groups in total. The summed E-state index contributed by atoms with van der Waals surface area (Å²) in [5.74, 6) is 0. The van der Waals surface area contributed by atoms with Crippen molar-refractivity contribution in [2.75, 3.05) is 6.54 Å². The summed E-state index contributed by atoms with van der Waals surface area (Å²) in [6, 6.07) is 8.67. The van der Waals surface area contributed by atoms with Gasteiger partial charge in [-0.25, -0.2) is 0 Å². The van der Waals surface area contributed by atoms with E-state index in [-0.39, 0.29) is 10.3 Å². The zero-order valence-electron chi connectivity index (χ0n) is 14.9. The maximum Gasteiger partial charge on any atom is 0.295 e. The summed E-state index contributed by atoms with van der Waals surface area (Å²) in [5, 5.41) is 1.37. The lowest BCUT2D eigenvalue weighted by Gasteiger charge is -2.29. The van der Waals surface area contributed by atoms with Gasteiger partial charge in [0.1, 0.15) is 4.90 Å². The molecule has 0 aliphatic heterocycles. The van der Waals surface area contributed by atoms with Crippen LogP contribution < -0.4 is 0 Å². The SMILES string of the molecule is CCCN=C(C)C(C)(C)c1c(C)ccc2c(S(=O)(=O)O)cccc12. The Kier molecular flexibility index (Phi) is 5.16. The first-order valence-corrected chi connectivity index (χ1v) is 9.56. The molecular formula is C19H25NO3S. The van der Waals surface area contributed by atoms with Gasteiger partial charge in [-0.3, -0.25) is 9.55 Å². The monoisotopic (exact) mass is 347 g/mol. The van der Waals surface area contributed by atoms with Crippen LogP contribution >= 0.6 is 0 Å². The fourth-order valence-electron chi connectivity index (χ4n) is 3.15. The highest BCUT2D eigenvalue weighted by Crippen LogP contribution is 2.36. The molecule has 5 heteroatoms. The molecule has 0 aliphatic rings. The van der Waals surface area contributed by atoms with Crippen LogP contribution in [-0.2, 0) is 15.5 Å². The molecule has 0 fully saturated rings. The van der Waals surface area contributed by atoms with Gasteiger partial charge >= 0.3 is 0 Å². The zero-order valence-corrected chi connectivity index (χ0v) is 15.7. The van der Waals surface area contributed by atoms with Crippen molar-refractivity contribution in [3.8, 4) is 0 Å². The highest BCUT2D eigenvalue weighted by Gasteiger charge is 2.29. The Hall–Kier alpha value is -1.72. The standard InChI is InChI=1S/C19H25NO3S/c1-6-12-20-14(3)19(4,5)18-13(2)10-11-15-16(18)8-7-9-17(15)24(21,22)23/h7-11H,6,12H2,1-5H3,(H,21,22,23). The van der Waals surface area contributed by atoms with Crippen LogP contribution in [0.25, 0.3) is 10.8 Å². The molecule has 24 heavy (non-hydrogen) atoms. The Labute approximate surface area is 144 Å². The third-order valence-corrected chi connectivity index (χ3v) is 5.52. The predicted molar refractivity (Wildman–Crippen MR) is 99.8 cm³/mol. The summed E-state index contributed by atoms with van der Waals surface area (Å²) >= 11 is 0. The first kappa shape index (κ1) is 18.6. The lowest BCUT2D eigenvalue weighted by molar-refractivity contribution is 0.484. The van der Waals surface area contributed by atoms with Crippen LogP contribution in [0.5, 0.6) is 0 Å². The van der Waals surface area contributed by atoms with Crippen molar-refractivity contribution in [1.82, 2.24) is 0 Å². The first-order valence-electron chi connectivity index (χ1n) is 8.12. The van der Waals surface area contributed by atoms with Gasteiger partial charge in [0.15, 0.2) is 0 Å². The number of rotatable bonds is 5. The molecule has 0 saturated heterocycles. The van der Waals surface area contributed by atoms with Gasteiger partial charge in [0, 0.05) is 23.1 Å². The zero-order chi connectivity index (χ0) is 18.1. The number of benzene rings is 2. The van der Waals surface area contributed by atoms with Crippen LogP contribution in [0.15, 0.2) is 40.2 Å². The number of aliphatic imine (C=N–C) groups is 1. The van der Waals surface area contributed by atoms with Gasteiger partial charge in [0.2, 0.25) is 0 Å². The minimum absolute atomic E-state index is 0.0554. The average molecular weight is 347 g/mol. The van der Waals surface area contributed by atoms with E-state index >= 15 is 0 Å². The molecule has 2 aromatic carbocycles. The van der Waals surface area contributed by atoms with Gasteiger partial charge < -0.3 is 0 Å². The van der Waals surface area contributed by atoms with Crippen LogP contribution in [0.2, 0.25) is 0 Å². The number of hydrogen-bond acceptors (Lipinski definition) is 3. The van der Waals surface area contributed by atoms with E-state index in [1.807, 2.05) is 26.0 Å². The maximum absolute atomic E-state index is 11.7. The first-order chi connectivity index (χ1) is 11.1. The Morgan fingerprint density at radius 2 is 1.83 bits per heavy atom. The van der Waals surface area contributed by atoms with Crippen LogP contribution in [0.4, 0.5) is 0 Å². The lowest BCUT2D eigenvalue weighted by Crippen LogP contribution is -2.28. The van der Waals surface area contributed by atoms with E-state index in [1.54, 1.807) is 12.1 Å². The Morgan fingerprint density at radius 3 is 2.42 bits per heavy atom. The molecule has 0 aromatic heterocycles. The molecule has 0 bridgehead atoms. The molecule has 0 amide bonds. The van der Waals surface area contributed by atoms with Gasteiger partial charge in [-0.15, -0.1) is 0 Å². The summed E-state index contributed by atoms with van der Waals surface area (Å²) in [6.45, 7) is 11.1. The molecule has 4 nitrogen and oxygen atoms in total. The molecule has 0 radical (unpaired) electrons. The minimum Gasteiger partial charge on any atom is -0.294 e. The summed E-state index contributed by atoms with van der Waals surface area (Å²) in [5.41, 5.74) is 2.79. The predicted octanol–water partition coefficient (Wildman–Crippen LogP) is 4.54. The van der Waals surface area contributed by atoms with E-state index < -0.39 is 10.1 Å².